The Balaban J connectivity index is 1.79. The number of hydrogen-bond donors (Lipinski definition) is 0. The Bertz CT molecular complexity index is 674. The van der Waals surface area contributed by atoms with Crippen LogP contribution >= 0.6 is 0 Å². The Hall–Kier alpha value is -2.62. The van der Waals surface area contributed by atoms with Crippen LogP contribution < -0.4 is 0 Å². The maximum absolute atomic E-state index is 12.7. The lowest BCUT2D eigenvalue weighted by Gasteiger charge is -2.27. The van der Waals surface area contributed by atoms with E-state index in [1.54, 1.807) is 0 Å². The summed E-state index contributed by atoms with van der Waals surface area (Å²) in [5, 5.41) is 0. The molecule has 2 rings (SSSR count). The van der Waals surface area contributed by atoms with Crippen molar-refractivity contribution in [3.8, 4) is 0 Å². The molecule has 0 aliphatic carbocycles. The SMILES string of the molecule is CCC(CC)(C(=O)OCCCc1ccccc1)C(=O)OCCCc1ccccc1. The number of rotatable bonds is 12. The Morgan fingerprint density at radius 3 is 1.41 bits per heavy atom. The highest BCUT2D eigenvalue weighted by molar-refractivity contribution is 5.99. The summed E-state index contributed by atoms with van der Waals surface area (Å²) in [4.78, 5) is 25.4. The van der Waals surface area contributed by atoms with E-state index in [1.807, 2.05) is 50.2 Å². The molecule has 0 unspecified atom stereocenters. The first kappa shape index (κ1) is 22.7. The van der Waals surface area contributed by atoms with Crippen LogP contribution in [0, 0.1) is 5.41 Å². The molecule has 4 heteroatoms. The quantitative estimate of drug-likeness (QED) is 0.283. The Morgan fingerprint density at radius 1 is 0.690 bits per heavy atom. The van der Waals surface area contributed by atoms with Crippen molar-refractivity contribution in [2.45, 2.75) is 52.4 Å². The van der Waals surface area contributed by atoms with Gasteiger partial charge in [0, 0.05) is 0 Å². The van der Waals surface area contributed by atoms with E-state index in [9.17, 15) is 9.59 Å². The predicted molar refractivity (Wildman–Crippen MR) is 114 cm³/mol. The fourth-order valence-electron chi connectivity index (χ4n) is 3.36. The van der Waals surface area contributed by atoms with Gasteiger partial charge in [-0.3, -0.25) is 9.59 Å². The summed E-state index contributed by atoms with van der Waals surface area (Å²) in [5.74, 6) is -0.938. The maximum atomic E-state index is 12.7. The van der Waals surface area contributed by atoms with E-state index in [4.69, 9.17) is 9.47 Å². The maximum Gasteiger partial charge on any atom is 0.323 e. The topological polar surface area (TPSA) is 52.6 Å². The third kappa shape index (κ3) is 6.74. The third-order valence-corrected chi connectivity index (χ3v) is 5.36. The van der Waals surface area contributed by atoms with Crippen LogP contribution in [0.15, 0.2) is 60.7 Å². The van der Waals surface area contributed by atoms with E-state index < -0.39 is 17.4 Å². The molecule has 0 fully saturated rings. The molecule has 0 saturated carbocycles. The van der Waals surface area contributed by atoms with Crippen LogP contribution in [0.5, 0.6) is 0 Å². The van der Waals surface area contributed by atoms with Gasteiger partial charge in [-0.05, 0) is 49.7 Å². The smallest absolute Gasteiger partial charge is 0.323 e. The molecule has 156 valence electrons. The van der Waals surface area contributed by atoms with Crippen molar-refractivity contribution in [2.75, 3.05) is 13.2 Å². The van der Waals surface area contributed by atoms with E-state index in [0.717, 1.165) is 25.7 Å². The van der Waals surface area contributed by atoms with Crippen LogP contribution in [0.3, 0.4) is 0 Å². The second-order valence-electron chi connectivity index (χ2n) is 7.24. The number of aryl methyl sites for hydroxylation is 2. The number of carbonyl (C=O) groups is 2. The highest BCUT2D eigenvalue weighted by atomic mass is 16.6. The van der Waals surface area contributed by atoms with Crippen LogP contribution in [-0.4, -0.2) is 25.2 Å². The standard InChI is InChI=1S/C25H32O4/c1-3-25(4-2,23(26)28-19-11-17-21-13-7-5-8-14-21)24(27)29-20-12-18-22-15-9-6-10-16-22/h5-10,13-16H,3-4,11-12,17-20H2,1-2H3. The lowest BCUT2D eigenvalue weighted by molar-refractivity contribution is -0.173. The minimum atomic E-state index is -1.21. The molecule has 0 saturated heterocycles. The number of benzene rings is 2. The van der Waals surface area contributed by atoms with Crippen molar-refractivity contribution in [1.29, 1.82) is 0 Å². The number of esters is 2. The monoisotopic (exact) mass is 396 g/mol. The zero-order valence-electron chi connectivity index (χ0n) is 17.6. The first-order valence-electron chi connectivity index (χ1n) is 10.5. The molecule has 29 heavy (non-hydrogen) atoms. The molecule has 0 N–H and O–H groups in total. The van der Waals surface area contributed by atoms with Gasteiger partial charge in [-0.2, -0.15) is 0 Å². The zero-order valence-corrected chi connectivity index (χ0v) is 17.6. The molecule has 0 bridgehead atoms. The normalized spacial score (nSPS) is 11.1. The molecule has 0 aliphatic heterocycles. The zero-order chi connectivity index (χ0) is 21.0. The lowest BCUT2D eigenvalue weighted by atomic mass is 9.82. The minimum Gasteiger partial charge on any atom is -0.465 e. The van der Waals surface area contributed by atoms with Crippen LogP contribution in [0.1, 0.15) is 50.7 Å². The van der Waals surface area contributed by atoms with Crippen molar-refractivity contribution in [3.05, 3.63) is 71.8 Å². The summed E-state index contributed by atoms with van der Waals surface area (Å²) in [5.41, 5.74) is 1.21. The van der Waals surface area contributed by atoms with Gasteiger partial charge in [0.15, 0.2) is 5.41 Å². The Morgan fingerprint density at radius 2 is 1.07 bits per heavy atom. The summed E-state index contributed by atoms with van der Waals surface area (Å²) in [6.07, 6.45) is 3.88. The fraction of sp³-hybridized carbons (Fsp3) is 0.440. The average molecular weight is 397 g/mol. The highest BCUT2D eigenvalue weighted by Crippen LogP contribution is 2.30. The van der Waals surface area contributed by atoms with Crippen molar-refractivity contribution < 1.29 is 19.1 Å². The Labute approximate surface area is 174 Å². The van der Waals surface area contributed by atoms with E-state index in [-0.39, 0.29) is 0 Å². The molecule has 2 aromatic rings. The van der Waals surface area contributed by atoms with Crippen molar-refractivity contribution in [3.63, 3.8) is 0 Å². The molecule has 0 amide bonds. The molecular weight excluding hydrogens is 364 g/mol. The first-order chi connectivity index (χ1) is 14.1. The van der Waals surface area contributed by atoms with Gasteiger partial charge >= 0.3 is 11.9 Å². The number of ether oxygens (including phenoxy) is 2. The molecule has 2 aromatic carbocycles. The third-order valence-electron chi connectivity index (χ3n) is 5.36. The molecule has 0 aliphatic rings. The number of hydrogen-bond acceptors (Lipinski definition) is 4. The Kier molecular flexibility index (Phi) is 9.42. The van der Waals surface area contributed by atoms with Crippen LogP contribution in [0.2, 0.25) is 0 Å². The minimum absolute atomic E-state index is 0.302. The van der Waals surface area contributed by atoms with Crippen LogP contribution in [0.4, 0.5) is 0 Å². The van der Waals surface area contributed by atoms with Crippen molar-refractivity contribution >= 4 is 11.9 Å². The van der Waals surface area contributed by atoms with Crippen LogP contribution in [-0.2, 0) is 31.9 Å². The molecular formula is C25H32O4. The van der Waals surface area contributed by atoms with Crippen molar-refractivity contribution in [2.24, 2.45) is 5.41 Å². The van der Waals surface area contributed by atoms with Gasteiger partial charge in [-0.15, -0.1) is 0 Å². The van der Waals surface area contributed by atoms with Gasteiger partial charge in [-0.25, -0.2) is 0 Å². The van der Waals surface area contributed by atoms with Crippen molar-refractivity contribution in [1.82, 2.24) is 0 Å². The van der Waals surface area contributed by atoms with Gasteiger partial charge in [0.1, 0.15) is 0 Å². The highest BCUT2D eigenvalue weighted by Gasteiger charge is 2.45. The van der Waals surface area contributed by atoms with E-state index in [1.165, 1.54) is 11.1 Å². The first-order valence-corrected chi connectivity index (χ1v) is 10.5. The van der Waals surface area contributed by atoms with E-state index >= 15 is 0 Å². The van der Waals surface area contributed by atoms with E-state index in [0.29, 0.717) is 26.1 Å². The summed E-state index contributed by atoms with van der Waals surface area (Å²) < 4.78 is 10.9. The van der Waals surface area contributed by atoms with Gasteiger partial charge in [0.05, 0.1) is 13.2 Å². The summed E-state index contributed by atoms with van der Waals surface area (Å²) in [7, 11) is 0. The second-order valence-corrected chi connectivity index (χ2v) is 7.24. The lowest BCUT2D eigenvalue weighted by Crippen LogP contribution is -2.41. The predicted octanol–water partition coefficient (Wildman–Crippen LogP) is 5.14. The van der Waals surface area contributed by atoms with Gasteiger partial charge < -0.3 is 9.47 Å². The van der Waals surface area contributed by atoms with E-state index in [2.05, 4.69) is 24.3 Å². The summed E-state index contributed by atoms with van der Waals surface area (Å²) in [6.45, 7) is 4.27. The molecule has 0 atom stereocenters. The fourth-order valence-corrected chi connectivity index (χ4v) is 3.36. The van der Waals surface area contributed by atoms with Gasteiger partial charge in [0.2, 0.25) is 0 Å². The molecule has 0 radical (unpaired) electrons. The largest absolute Gasteiger partial charge is 0.465 e. The summed E-state index contributed by atoms with van der Waals surface area (Å²) >= 11 is 0. The molecule has 0 aromatic heterocycles. The summed E-state index contributed by atoms with van der Waals surface area (Å²) in [6, 6.07) is 20.1. The van der Waals surface area contributed by atoms with Crippen LogP contribution in [0.25, 0.3) is 0 Å². The van der Waals surface area contributed by atoms with Gasteiger partial charge in [0.25, 0.3) is 0 Å². The second kappa shape index (κ2) is 12.1. The average Bonchev–Trinajstić information content (AvgIpc) is 2.77. The number of carbonyl (C=O) groups excluding carboxylic acids is 2. The molecule has 0 heterocycles. The van der Waals surface area contributed by atoms with Gasteiger partial charge in [-0.1, -0.05) is 74.5 Å². The molecule has 4 nitrogen and oxygen atoms in total. The molecule has 0 spiro atoms.